The van der Waals surface area contributed by atoms with Crippen molar-refractivity contribution in [3.63, 3.8) is 0 Å². The van der Waals surface area contributed by atoms with Crippen molar-refractivity contribution in [3.05, 3.63) is 0 Å². The molecule has 0 spiro atoms. The molecule has 0 amide bonds. The molecule has 3 aliphatic carbocycles. The first-order valence-electron chi connectivity index (χ1n) is 7.89. The van der Waals surface area contributed by atoms with Crippen LogP contribution in [0.1, 0.15) is 38.5 Å². The highest BCUT2D eigenvalue weighted by atomic mass is 15.1. The summed E-state index contributed by atoms with van der Waals surface area (Å²) in [6, 6.07) is 0.944. The average molecular weight is 234 g/mol. The number of hydrogen-bond donors (Lipinski definition) is 1. The Kier molecular flexibility index (Phi) is 2.69. The standard InChI is InChI=1S/C15H26N2/c1-2-8-17(7-1)9-3-6-16-15-13-11-4-5-12(10-11)14(13)15/h11-16H,1-10H2. The molecule has 0 aromatic carbocycles. The number of hydrogen-bond acceptors (Lipinski definition) is 2. The Bertz CT molecular complexity index is 269. The van der Waals surface area contributed by atoms with Crippen LogP contribution in [0.25, 0.3) is 0 Å². The van der Waals surface area contributed by atoms with E-state index in [1.165, 1.54) is 45.4 Å². The van der Waals surface area contributed by atoms with Crippen LogP contribution in [0.3, 0.4) is 0 Å². The molecule has 1 aliphatic heterocycles. The van der Waals surface area contributed by atoms with Gasteiger partial charge in [-0.1, -0.05) is 0 Å². The van der Waals surface area contributed by atoms with Gasteiger partial charge in [-0.25, -0.2) is 0 Å². The van der Waals surface area contributed by atoms with Crippen LogP contribution < -0.4 is 5.32 Å². The SMILES string of the molecule is C1CCN(CCCNC2C3C4CCC(C4)C23)C1. The fourth-order valence-electron chi connectivity index (χ4n) is 5.18. The van der Waals surface area contributed by atoms with Gasteiger partial charge in [0.05, 0.1) is 0 Å². The Morgan fingerprint density at radius 1 is 1.00 bits per heavy atom. The van der Waals surface area contributed by atoms with Crippen molar-refractivity contribution < 1.29 is 0 Å². The number of likely N-dealkylation sites (tertiary alicyclic amines) is 1. The fraction of sp³-hybridized carbons (Fsp3) is 1.00. The summed E-state index contributed by atoms with van der Waals surface area (Å²) in [5.41, 5.74) is 0. The first-order valence-corrected chi connectivity index (χ1v) is 7.89. The highest BCUT2D eigenvalue weighted by molar-refractivity contribution is 5.16. The van der Waals surface area contributed by atoms with E-state index in [1.54, 1.807) is 19.3 Å². The monoisotopic (exact) mass is 234 g/mol. The molecule has 1 saturated heterocycles. The zero-order valence-electron chi connectivity index (χ0n) is 10.9. The van der Waals surface area contributed by atoms with Gasteiger partial charge in [0.1, 0.15) is 0 Å². The van der Waals surface area contributed by atoms with Crippen molar-refractivity contribution in [2.24, 2.45) is 23.7 Å². The van der Waals surface area contributed by atoms with E-state index in [0.717, 1.165) is 29.7 Å². The van der Waals surface area contributed by atoms with E-state index in [1.807, 2.05) is 0 Å². The molecule has 0 aromatic rings. The van der Waals surface area contributed by atoms with Gasteiger partial charge in [-0.05, 0) is 88.4 Å². The Labute approximate surface area is 105 Å². The van der Waals surface area contributed by atoms with E-state index in [9.17, 15) is 0 Å². The van der Waals surface area contributed by atoms with Gasteiger partial charge in [0.25, 0.3) is 0 Å². The van der Waals surface area contributed by atoms with Gasteiger partial charge in [0.15, 0.2) is 0 Å². The lowest BCUT2D eigenvalue weighted by molar-refractivity contribution is 0.328. The maximum atomic E-state index is 3.86. The molecule has 1 N–H and O–H groups in total. The first-order chi connectivity index (χ1) is 8.43. The largest absolute Gasteiger partial charge is 0.313 e. The third-order valence-corrected chi connectivity index (χ3v) is 5.97. The number of rotatable bonds is 5. The average Bonchev–Trinajstić information content (AvgIpc) is 2.83. The number of nitrogens with zero attached hydrogens (tertiary/aromatic N) is 1. The lowest BCUT2D eigenvalue weighted by Crippen LogP contribution is -2.28. The third-order valence-electron chi connectivity index (χ3n) is 5.97. The molecule has 4 rings (SSSR count). The maximum Gasteiger partial charge on any atom is 0.0136 e. The van der Waals surface area contributed by atoms with E-state index in [2.05, 4.69) is 10.2 Å². The molecule has 17 heavy (non-hydrogen) atoms. The van der Waals surface area contributed by atoms with Crippen molar-refractivity contribution in [1.29, 1.82) is 0 Å². The van der Waals surface area contributed by atoms with Crippen molar-refractivity contribution in [2.75, 3.05) is 26.2 Å². The summed E-state index contributed by atoms with van der Waals surface area (Å²) < 4.78 is 0. The molecule has 4 fully saturated rings. The van der Waals surface area contributed by atoms with Crippen LogP contribution in [0, 0.1) is 23.7 Å². The minimum absolute atomic E-state index is 0.944. The van der Waals surface area contributed by atoms with Gasteiger partial charge in [-0.2, -0.15) is 0 Å². The Hall–Kier alpha value is -0.0800. The van der Waals surface area contributed by atoms with E-state index < -0.39 is 0 Å². The normalized spacial score (nSPS) is 47.6. The van der Waals surface area contributed by atoms with E-state index in [4.69, 9.17) is 0 Å². The van der Waals surface area contributed by atoms with E-state index in [0.29, 0.717) is 0 Å². The van der Waals surface area contributed by atoms with Gasteiger partial charge in [0.2, 0.25) is 0 Å². The van der Waals surface area contributed by atoms with Gasteiger partial charge in [-0.15, -0.1) is 0 Å². The highest BCUT2D eigenvalue weighted by Crippen LogP contribution is 2.65. The van der Waals surface area contributed by atoms with Crippen LogP contribution in [-0.2, 0) is 0 Å². The fourth-order valence-corrected chi connectivity index (χ4v) is 5.18. The molecule has 1 heterocycles. The van der Waals surface area contributed by atoms with Crippen molar-refractivity contribution >= 4 is 0 Å². The summed E-state index contributed by atoms with van der Waals surface area (Å²) in [5.74, 6) is 4.48. The molecule has 96 valence electrons. The van der Waals surface area contributed by atoms with Crippen molar-refractivity contribution in [1.82, 2.24) is 10.2 Å². The van der Waals surface area contributed by atoms with Crippen LogP contribution in [0.4, 0.5) is 0 Å². The third kappa shape index (κ3) is 1.84. The van der Waals surface area contributed by atoms with Crippen LogP contribution in [0.15, 0.2) is 0 Å². The van der Waals surface area contributed by atoms with Crippen LogP contribution in [-0.4, -0.2) is 37.1 Å². The Balaban J connectivity index is 1.16. The van der Waals surface area contributed by atoms with Crippen LogP contribution >= 0.6 is 0 Å². The second kappa shape index (κ2) is 4.24. The molecule has 2 nitrogen and oxygen atoms in total. The summed E-state index contributed by atoms with van der Waals surface area (Å²) in [6.07, 6.45) is 8.93. The summed E-state index contributed by atoms with van der Waals surface area (Å²) in [5, 5.41) is 3.86. The topological polar surface area (TPSA) is 15.3 Å². The molecule has 2 heteroatoms. The minimum Gasteiger partial charge on any atom is -0.313 e. The van der Waals surface area contributed by atoms with E-state index in [-0.39, 0.29) is 0 Å². The van der Waals surface area contributed by atoms with Gasteiger partial charge >= 0.3 is 0 Å². The minimum atomic E-state index is 0.944. The first kappa shape index (κ1) is 10.8. The van der Waals surface area contributed by atoms with Crippen LogP contribution in [0.5, 0.6) is 0 Å². The van der Waals surface area contributed by atoms with Gasteiger partial charge in [0, 0.05) is 6.04 Å². The number of fused-ring (bicyclic) bond motifs is 5. The lowest BCUT2D eigenvalue weighted by Gasteiger charge is -2.15. The van der Waals surface area contributed by atoms with E-state index >= 15 is 0 Å². The molecule has 4 unspecified atom stereocenters. The Morgan fingerprint density at radius 3 is 2.41 bits per heavy atom. The Morgan fingerprint density at radius 2 is 1.71 bits per heavy atom. The maximum absolute atomic E-state index is 3.86. The lowest BCUT2D eigenvalue weighted by atomic mass is 10.0. The molecule has 0 aromatic heterocycles. The summed E-state index contributed by atoms with van der Waals surface area (Å²) in [6.45, 7) is 5.33. The highest BCUT2D eigenvalue weighted by Gasteiger charge is 2.64. The van der Waals surface area contributed by atoms with Crippen LogP contribution in [0.2, 0.25) is 0 Å². The van der Waals surface area contributed by atoms with Crippen molar-refractivity contribution in [3.8, 4) is 0 Å². The summed E-state index contributed by atoms with van der Waals surface area (Å²) >= 11 is 0. The van der Waals surface area contributed by atoms with Crippen molar-refractivity contribution in [2.45, 2.75) is 44.6 Å². The second-order valence-electron chi connectivity index (χ2n) is 6.87. The molecular formula is C15H26N2. The second-order valence-corrected chi connectivity index (χ2v) is 6.87. The number of nitrogens with one attached hydrogen (secondary N) is 1. The molecule has 0 radical (unpaired) electrons. The zero-order valence-corrected chi connectivity index (χ0v) is 10.9. The van der Waals surface area contributed by atoms with Gasteiger partial charge in [-0.3, -0.25) is 0 Å². The predicted molar refractivity (Wildman–Crippen MR) is 69.9 cm³/mol. The molecule has 4 atom stereocenters. The summed E-state index contributed by atoms with van der Waals surface area (Å²) in [4.78, 5) is 2.64. The smallest absolute Gasteiger partial charge is 0.0136 e. The predicted octanol–water partition coefficient (Wildman–Crippen LogP) is 2.11. The molecule has 3 saturated carbocycles. The molecular weight excluding hydrogens is 208 g/mol. The summed E-state index contributed by atoms with van der Waals surface area (Å²) in [7, 11) is 0. The zero-order chi connectivity index (χ0) is 11.2. The molecule has 2 bridgehead atoms. The quantitative estimate of drug-likeness (QED) is 0.733. The molecule has 4 aliphatic rings. The van der Waals surface area contributed by atoms with Gasteiger partial charge < -0.3 is 10.2 Å².